The number of aliphatic hydroxyl groups is 1. The van der Waals surface area contributed by atoms with E-state index in [-0.39, 0.29) is 13.2 Å². The number of hydrogen-bond acceptors (Lipinski definition) is 5. The number of aromatic nitrogens is 1. The number of nitrogens with one attached hydrogen (secondary N) is 2. The molecule has 3 rings (SSSR count). The van der Waals surface area contributed by atoms with Crippen LogP contribution in [-0.2, 0) is 9.59 Å². The maximum absolute atomic E-state index is 11.7. The van der Waals surface area contributed by atoms with Crippen LogP contribution < -0.4 is 10.6 Å². The molecule has 1 heterocycles. The molecule has 0 spiro atoms. The molecule has 3 aromatic rings. The van der Waals surface area contributed by atoms with Gasteiger partial charge < -0.3 is 15.7 Å². The Labute approximate surface area is 142 Å². The van der Waals surface area contributed by atoms with Crippen LogP contribution in [-0.4, -0.2) is 35.1 Å². The number of rotatable bonds is 4. The van der Waals surface area contributed by atoms with Crippen LogP contribution in [0.15, 0.2) is 48.5 Å². The van der Waals surface area contributed by atoms with Gasteiger partial charge in [-0.25, -0.2) is 4.98 Å². The molecule has 122 valence electrons. The highest BCUT2D eigenvalue weighted by atomic mass is 32.1. The van der Waals surface area contributed by atoms with Crippen LogP contribution in [0.2, 0.25) is 0 Å². The third kappa shape index (κ3) is 3.58. The summed E-state index contributed by atoms with van der Waals surface area (Å²) in [5.41, 5.74) is 2.42. The number of hydrogen-bond donors (Lipinski definition) is 3. The number of anilines is 1. The fraction of sp³-hybridized carbons (Fsp3) is 0.118. The van der Waals surface area contributed by atoms with E-state index in [1.165, 1.54) is 0 Å². The van der Waals surface area contributed by atoms with E-state index in [2.05, 4.69) is 15.6 Å². The van der Waals surface area contributed by atoms with Gasteiger partial charge in [0.15, 0.2) is 0 Å². The van der Waals surface area contributed by atoms with Gasteiger partial charge in [0.1, 0.15) is 5.01 Å². The zero-order chi connectivity index (χ0) is 16.9. The van der Waals surface area contributed by atoms with Crippen molar-refractivity contribution in [3.63, 3.8) is 0 Å². The molecule has 0 radical (unpaired) electrons. The first kappa shape index (κ1) is 16.1. The summed E-state index contributed by atoms with van der Waals surface area (Å²) in [4.78, 5) is 27.7. The molecule has 0 saturated heterocycles. The van der Waals surface area contributed by atoms with E-state index in [0.29, 0.717) is 5.69 Å². The Morgan fingerprint density at radius 2 is 1.79 bits per heavy atom. The maximum Gasteiger partial charge on any atom is 0.313 e. The fourth-order valence-electron chi connectivity index (χ4n) is 2.13. The summed E-state index contributed by atoms with van der Waals surface area (Å²) in [5.74, 6) is -1.55. The van der Waals surface area contributed by atoms with E-state index in [0.717, 1.165) is 20.8 Å². The molecule has 2 amide bonds. The molecule has 0 bridgehead atoms. The van der Waals surface area contributed by atoms with Gasteiger partial charge in [-0.2, -0.15) is 0 Å². The van der Waals surface area contributed by atoms with Gasteiger partial charge in [-0.15, -0.1) is 11.3 Å². The third-order valence-electron chi connectivity index (χ3n) is 3.29. The number of carbonyl (C=O) groups excluding carboxylic acids is 2. The zero-order valence-electron chi connectivity index (χ0n) is 12.7. The number of thiazole rings is 1. The van der Waals surface area contributed by atoms with Crippen LogP contribution in [0.25, 0.3) is 20.8 Å². The van der Waals surface area contributed by atoms with Crippen LogP contribution in [0.1, 0.15) is 0 Å². The fourth-order valence-corrected chi connectivity index (χ4v) is 3.10. The smallest absolute Gasteiger partial charge is 0.313 e. The Kier molecular flexibility index (Phi) is 4.83. The third-order valence-corrected chi connectivity index (χ3v) is 4.37. The van der Waals surface area contributed by atoms with Gasteiger partial charge in [0, 0.05) is 17.8 Å². The molecule has 6 nitrogen and oxygen atoms in total. The quantitative estimate of drug-likeness (QED) is 0.633. The summed E-state index contributed by atoms with van der Waals surface area (Å²) < 4.78 is 1.12. The molecule has 0 unspecified atom stereocenters. The first-order chi connectivity index (χ1) is 11.7. The molecule has 0 fully saturated rings. The Morgan fingerprint density at radius 1 is 1.04 bits per heavy atom. The summed E-state index contributed by atoms with van der Waals surface area (Å²) in [7, 11) is 0. The Morgan fingerprint density at radius 3 is 2.50 bits per heavy atom. The lowest BCUT2D eigenvalue weighted by molar-refractivity contribution is -0.136. The van der Waals surface area contributed by atoms with Crippen LogP contribution >= 0.6 is 11.3 Å². The highest BCUT2D eigenvalue weighted by Crippen LogP contribution is 2.30. The minimum atomic E-state index is -0.778. The number of carbonyl (C=O) groups is 2. The molecule has 7 heteroatoms. The van der Waals surface area contributed by atoms with Crippen molar-refractivity contribution in [2.45, 2.75) is 0 Å². The normalized spacial score (nSPS) is 10.5. The van der Waals surface area contributed by atoms with Crippen molar-refractivity contribution < 1.29 is 14.7 Å². The van der Waals surface area contributed by atoms with E-state index in [1.54, 1.807) is 23.5 Å². The molecule has 1 aromatic heterocycles. The SMILES string of the molecule is O=C(NCCO)C(=O)Nc1ccc(-c2nc3ccccc3s2)cc1. The number of amides is 2. The van der Waals surface area contributed by atoms with Crippen LogP contribution in [0, 0.1) is 0 Å². The maximum atomic E-state index is 11.7. The Balaban J connectivity index is 1.71. The zero-order valence-corrected chi connectivity index (χ0v) is 13.5. The summed E-state index contributed by atoms with van der Waals surface area (Å²) in [6.45, 7) is -0.168. The molecule has 0 atom stereocenters. The lowest BCUT2D eigenvalue weighted by atomic mass is 10.2. The lowest BCUT2D eigenvalue weighted by Gasteiger charge is -2.06. The highest BCUT2D eigenvalue weighted by Gasteiger charge is 2.13. The second kappa shape index (κ2) is 7.20. The highest BCUT2D eigenvalue weighted by molar-refractivity contribution is 7.21. The minimum absolute atomic E-state index is 0.0444. The van der Waals surface area contributed by atoms with Crippen molar-refractivity contribution in [3.8, 4) is 10.6 Å². The van der Waals surface area contributed by atoms with Crippen LogP contribution in [0.4, 0.5) is 5.69 Å². The standard InChI is InChI=1S/C17H15N3O3S/c21-10-9-18-15(22)16(23)19-12-7-5-11(6-8-12)17-20-13-3-1-2-4-14(13)24-17/h1-8,21H,9-10H2,(H,18,22)(H,19,23). The van der Waals surface area contributed by atoms with Crippen LogP contribution in [0.3, 0.4) is 0 Å². The predicted molar refractivity (Wildman–Crippen MR) is 93.8 cm³/mol. The van der Waals surface area contributed by atoms with E-state index in [4.69, 9.17) is 5.11 Å². The second-order valence-electron chi connectivity index (χ2n) is 5.00. The summed E-state index contributed by atoms with van der Waals surface area (Å²) in [6.07, 6.45) is 0. The van der Waals surface area contributed by atoms with Crippen molar-refractivity contribution in [1.29, 1.82) is 0 Å². The Bertz CT molecular complexity index is 841. The van der Waals surface area contributed by atoms with E-state index in [1.807, 2.05) is 36.4 Å². The molecule has 0 aliphatic carbocycles. The van der Waals surface area contributed by atoms with E-state index < -0.39 is 11.8 Å². The second-order valence-corrected chi connectivity index (χ2v) is 6.03. The molecule has 24 heavy (non-hydrogen) atoms. The van der Waals surface area contributed by atoms with Crippen LogP contribution in [0.5, 0.6) is 0 Å². The van der Waals surface area contributed by atoms with Gasteiger partial charge in [-0.05, 0) is 36.4 Å². The summed E-state index contributed by atoms with van der Waals surface area (Å²) >= 11 is 1.60. The molecule has 2 aromatic carbocycles. The Hall–Kier alpha value is -2.77. The van der Waals surface area contributed by atoms with E-state index >= 15 is 0 Å². The van der Waals surface area contributed by atoms with Gasteiger partial charge in [0.25, 0.3) is 0 Å². The number of benzene rings is 2. The predicted octanol–water partition coefficient (Wildman–Crippen LogP) is 2.01. The molecule has 0 saturated carbocycles. The van der Waals surface area contributed by atoms with Crippen molar-refractivity contribution in [2.24, 2.45) is 0 Å². The van der Waals surface area contributed by atoms with E-state index in [9.17, 15) is 9.59 Å². The van der Waals surface area contributed by atoms with Gasteiger partial charge in [-0.3, -0.25) is 9.59 Å². The van der Waals surface area contributed by atoms with Crippen molar-refractivity contribution in [2.75, 3.05) is 18.5 Å². The van der Waals surface area contributed by atoms with Crippen molar-refractivity contribution in [3.05, 3.63) is 48.5 Å². The molecule has 0 aliphatic heterocycles. The average Bonchev–Trinajstić information content (AvgIpc) is 3.04. The van der Waals surface area contributed by atoms with Gasteiger partial charge in [-0.1, -0.05) is 12.1 Å². The summed E-state index contributed by atoms with van der Waals surface area (Å²) in [5, 5.41) is 14.3. The lowest BCUT2D eigenvalue weighted by Crippen LogP contribution is -2.36. The number of para-hydroxylation sites is 1. The first-order valence-corrected chi connectivity index (χ1v) is 8.15. The van der Waals surface area contributed by atoms with Gasteiger partial charge in [0.2, 0.25) is 0 Å². The molecule has 0 aliphatic rings. The van der Waals surface area contributed by atoms with Gasteiger partial charge >= 0.3 is 11.8 Å². The van der Waals surface area contributed by atoms with Gasteiger partial charge in [0.05, 0.1) is 16.8 Å². The topological polar surface area (TPSA) is 91.3 Å². The number of aliphatic hydroxyl groups excluding tert-OH is 1. The minimum Gasteiger partial charge on any atom is -0.395 e. The monoisotopic (exact) mass is 341 g/mol. The number of fused-ring (bicyclic) bond motifs is 1. The first-order valence-electron chi connectivity index (χ1n) is 7.33. The van der Waals surface area contributed by atoms with Crippen molar-refractivity contribution in [1.82, 2.24) is 10.3 Å². The molecular weight excluding hydrogens is 326 g/mol. The number of nitrogens with zero attached hydrogens (tertiary/aromatic N) is 1. The summed E-state index contributed by atoms with van der Waals surface area (Å²) in [6, 6.07) is 15.1. The molecular formula is C17H15N3O3S. The van der Waals surface area contributed by atoms with Crippen molar-refractivity contribution >= 4 is 39.1 Å². The molecule has 3 N–H and O–H groups in total. The average molecular weight is 341 g/mol. The largest absolute Gasteiger partial charge is 0.395 e.